The Morgan fingerprint density at radius 2 is 1.38 bits per heavy atom. The van der Waals surface area contributed by atoms with Crippen LogP contribution >= 0.6 is 0 Å². The van der Waals surface area contributed by atoms with Gasteiger partial charge in [-0.1, -0.05) is 0 Å². The van der Waals surface area contributed by atoms with Gasteiger partial charge in [0.25, 0.3) is 0 Å². The minimum absolute atomic E-state index is 0.0880. The van der Waals surface area contributed by atoms with E-state index in [9.17, 15) is 34.6 Å². The molecule has 0 aliphatic heterocycles. The smallest absolute Gasteiger partial charge is 0.363 e. The molecule has 0 bridgehead atoms. The van der Waals surface area contributed by atoms with Crippen molar-refractivity contribution in [3.8, 4) is 0 Å². The quantitative estimate of drug-likeness (QED) is 0.145. The molecule has 0 aromatic carbocycles. The average molecular weight is 549 g/mol. The molecule has 2 aromatic heterocycles. The van der Waals surface area contributed by atoms with E-state index in [1.807, 2.05) is 0 Å². The highest BCUT2D eigenvalue weighted by Crippen LogP contribution is 2.26. The molecule has 1 atom stereocenters. The fraction of sp³-hybridized carbons (Fsp3) is 0.480. The number of rotatable bonds is 9. The molecule has 0 saturated carbocycles. The van der Waals surface area contributed by atoms with Crippen molar-refractivity contribution in [3.05, 3.63) is 67.0 Å². The van der Waals surface area contributed by atoms with Crippen molar-refractivity contribution in [2.45, 2.75) is 66.4 Å². The van der Waals surface area contributed by atoms with Gasteiger partial charge in [0.05, 0.1) is 19.6 Å². The van der Waals surface area contributed by atoms with Gasteiger partial charge < -0.3 is 34.4 Å². The maximum absolute atomic E-state index is 12.4. The van der Waals surface area contributed by atoms with Crippen molar-refractivity contribution in [1.29, 1.82) is 0 Å². The molecule has 39 heavy (non-hydrogen) atoms. The van der Waals surface area contributed by atoms with Crippen molar-refractivity contribution < 1.29 is 38.4 Å². The molecule has 0 aliphatic rings. The highest BCUT2D eigenvalue weighted by atomic mass is 16.6. The zero-order valence-electron chi connectivity index (χ0n) is 22.9. The molecule has 2 heterocycles. The predicted octanol–water partition coefficient (Wildman–Crippen LogP) is 3.69. The Labute approximate surface area is 225 Å². The fourth-order valence-electron chi connectivity index (χ4n) is 3.11. The molecule has 0 radical (unpaired) electrons. The number of hydrogen-bond donors (Lipinski definition) is 0. The molecule has 2 rings (SSSR count). The maximum Gasteiger partial charge on any atom is 0.363 e. The molecular weight excluding hydrogens is 516 g/mol. The molecule has 2 aromatic rings. The van der Waals surface area contributed by atoms with Crippen LogP contribution in [0.1, 0.15) is 62.8 Å². The summed E-state index contributed by atoms with van der Waals surface area (Å²) >= 11 is 0. The number of carbonyl (C=O) groups is 3. The molecule has 0 aliphatic carbocycles. The Bertz CT molecular complexity index is 1220. The van der Waals surface area contributed by atoms with Crippen molar-refractivity contribution in [3.63, 3.8) is 0 Å². The van der Waals surface area contributed by atoms with Gasteiger partial charge in [0.2, 0.25) is 0 Å². The largest absolute Gasteiger partial charge is 0.466 e. The number of hydrogen-bond acceptors (Lipinski definition) is 12. The Balaban J connectivity index is 0.000000416. The fourth-order valence-corrected chi connectivity index (χ4v) is 3.11. The van der Waals surface area contributed by atoms with Crippen LogP contribution in [0.3, 0.4) is 0 Å². The molecule has 1 unspecified atom stereocenters. The molecule has 212 valence electrons. The van der Waals surface area contributed by atoms with E-state index in [1.165, 1.54) is 18.3 Å². The molecule has 14 nitrogen and oxygen atoms in total. The first-order valence-corrected chi connectivity index (χ1v) is 11.9. The minimum atomic E-state index is -1.33. The maximum atomic E-state index is 12.4. The predicted molar refractivity (Wildman–Crippen MR) is 137 cm³/mol. The van der Waals surface area contributed by atoms with E-state index in [4.69, 9.17) is 14.2 Å². The minimum Gasteiger partial charge on any atom is -0.466 e. The summed E-state index contributed by atoms with van der Waals surface area (Å²) in [6.45, 7) is 12.0. The number of nitrogens with zero attached hydrogens (tertiary/aromatic N) is 4. The number of esters is 3. The third kappa shape index (κ3) is 10.4. The van der Waals surface area contributed by atoms with E-state index in [0.717, 1.165) is 6.20 Å². The number of aromatic nitrogens is 2. The first-order valence-electron chi connectivity index (χ1n) is 11.9. The SMILES string of the molecule is CCOC(=O)C(C(=O)OC(C)(C)C)c1cnc([N+](=O)[O-])cc1C.CCOC(=O)Cc1cnc([N+](=O)[O-])cc1C. The zero-order chi connectivity index (χ0) is 29.9. The van der Waals surface area contributed by atoms with Gasteiger partial charge in [0.15, 0.2) is 5.92 Å². The van der Waals surface area contributed by atoms with E-state index in [2.05, 4.69) is 9.97 Å². The Morgan fingerprint density at radius 3 is 1.82 bits per heavy atom. The molecule has 0 N–H and O–H groups in total. The third-order valence-corrected chi connectivity index (χ3v) is 4.83. The second kappa shape index (κ2) is 14.4. The van der Waals surface area contributed by atoms with Crippen LogP contribution in [0.4, 0.5) is 11.6 Å². The van der Waals surface area contributed by atoms with Crippen molar-refractivity contribution >= 4 is 29.5 Å². The van der Waals surface area contributed by atoms with Gasteiger partial charge in [-0.3, -0.25) is 14.4 Å². The molecule has 14 heteroatoms. The van der Waals surface area contributed by atoms with Gasteiger partial charge in [-0.15, -0.1) is 0 Å². The van der Waals surface area contributed by atoms with Crippen LogP contribution in [0.5, 0.6) is 0 Å². The first-order chi connectivity index (χ1) is 18.1. The monoisotopic (exact) mass is 548 g/mol. The standard InChI is InChI=1S/C15H20N2O6.C10H12N2O4/c1-6-22-13(18)12(14(19)23-15(3,4)5)10-8-16-11(17(20)21)7-9(10)2;1-3-16-10(13)5-8-6-11-9(12(14)15)4-7(8)2/h7-8,12H,6H2,1-5H3;4,6H,3,5H2,1-2H3. The number of nitro groups is 2. The summed E-state index contributed by atoms with van der Waals surface area (Å²) in [7, 11) is 0. The zero-order valence-corrected chi connectivity index (χ0v) is 22.9. The van der Waals surface area contributed by atoms with Crippen LogP contribution in [-0.4, -0.2) is 56.5 Å². The van der Waals surface area contributed by atoms with Crippen LogP contribution in [0.2, 0.25) is 0 Å². The second-order valence-electron chi connectivity index (χ2n) is 9.08. The Kier molecular flexibility index (Phi) is 12.1. The summed E-state index contributed by atoms with van der Waals surface area (Å²) in [6.07, 6.45) is 2.56. The van der Waals surface area contributed by atoms with E-state index < -0.39 is 33.3 Å². The summed E-state index contributed by atoms with van der Waals surface area (Å²) in [4.78, 5) is 63.0. The summed E-state index contributed by atoms with van der Waals surface area (Å²) in [5.41, 5.74) is 1.13. The molecule has 0 saturated heterocycles. The van der Waals surface area contributed by atoms with Gasteiger partial charge in [-0.2, -0.15) is 0 Å². The Morgan fingerprint density at radius 1 is 0.872 bits per heavy atom. The number of aryl methyl sites for hydroxylation is 2. The number of ether oxygens (including phenoxy) is 3. The van der Waals surface area contributed by atoms with E-state index in [-0.39, 0.29) is 36.2 Å². The normalized spacial score (nSPS) is 11.4. The van der Waals surface area contributed by atoms with Crippen molar-refractivity contribution in [2.24, 2.45) is 0 Å². The lowest BCUT2D eigenvalue weighted by atomic mass is 9.96. The first kappa shape index (κ1) is 32.5. The molecular formula is C25H32N4O10. The lowest BCUT2D eigenvalue weighted by Gasteiger charge is -2.23. The number of carbonyl (C=O) groups excluding carboxylic acids is 3. The van der Waals surface area contributed by atoms with Gasteiger partial charge >= 0.3 is 29.5 Å². The lowest BCUT2D eigenvalue weighted by Crippen LogP contribution is -2.33. The van der Waals surface area contributed by atoms with E-state index in [0.29, 0.717) is 23.3 Å². The van der Waals surface area contributed by atoms with Crippen LogP contribution < -0.4 is 0 Å². The summed E-state index contributed by atoms with van der Waals surface area (Å²) in [6, 6.07) is 2.54. The molecule has 0 spiro atoms. The van der Waals surface area contributed by atoms with Gasteiger partial charge in [-0.25, -0.2) is 0 Å². The van der Waals surface area contributed by atoms with E-state index >= 15 is 0 Å². The van der Waals surface area contributed by atoms with Gasteiger partial charge in [0.1, 0.15) is 18.0 Å². The average Bonchev–Trinajstić information content (AvgIpc) is 2.81. The Hall–Kier alpha value is -4.49. The highest BCUT2D eigenvalue weighted by Gasteiger charge is 2.36. The lowest BCUT2D eigenvalue weighted by molar-refractivity contribution is -0.389. The third-order valence-electron chi connectivity index (χ3n) is 4.83. The molecule has 0 amide bonds. The second-order valence-corrected chi connectivity index (χ2v) is 9.08. The topological polar surface area (TPSA) is 191 Å². The van der Waals surface area contributed by atoms with Crippen LogP contribution in [0.15, 0.2) is 24.5 Å². The van der Waals surface area contributed by atoms with Crippen LogP contribution in [0.25, 0.3) is 0 Å². The van der Waals surface area contributed by atoms with Crippen molar-refractivity contribution in [2.75, 3.05) is 13.2 Å². The van der Waals surface area contributed by atoms with Crippen LogP contribution in [-0.2, 0) is 35.0 Å². The summed E-state index contributed by atoms with van der Waals surface area (Å²) in [5.74, 6) is -3.83. The van der Waals surface area contributed by atoms with Crippen molar-refractivity contribution in [1.82, 2.24) is 9.97 Å². The summed E-state index contributed by atoms with van der Waals surface area (Å²) < 4.78 is 15.0. The molecule has 0 fully saturated rings. The van der Waals surface area contributed by atoms with Gasteiger partial charge in [0, 0.05) is 23.3 Å². The van der Waals surface area contributed by atoms with E-state index in [1.54, 1.807) is 48.5 Å². The van der Waals surface area contributed by atoms with Crippen LogP contribution in [0, 0.1) is 34.1 Å². The van der Waals surface area contributed by atoms with Gasteiger partial charge in [-0.05, 0) is 79.4 Å². The summed E-state index contributed by atoms with van der Waals surface area (Å²) in [5, 5.41) is 21.2. The highest BCUT2D eigenvalue weighted by molar-refractivity contribution is 6.01. The number of pyridine rings is 2.